The highest BCUT2D eigenvalue weighted by Crippen LogP contribution is 2.23. The summed E-state index contributed by atoms with van der Waals surface area (Å²) in [6.07, 6.45) is 0.447. The summed E-state index contributed by atoms with van der Waals surface area (Å²) in [7, 11) is 0. The number of alkyl halides is 1. The second-order valence-corrected chi connectivity index (χ2v) is 5.08. The molecule has 1 atom stereocenters. The van der Waals surface area contributed by atoms with Crippen LogP contribution < -0.4 is 10.5 Å². The number of ether oxygens (including phenoxy) is 1. The van der Waals surface area contributed by atoms with Gasteiger partial charge in [0.1, 0.15) is 12.4 Å². The van der Waals surface area contributed by atoms with Crippen molar-refractivity contribution in [1.29, 1.82) is 0 Å². The number of nitrogens with two attached hydrogens (primary N) is 1. The van der Waals surface area contributed by atoms with Crippen LogP contribution in [0.4, 0.5) is 4.39 Å². The van der Waals surface area contributed by atoms with Crippen molar-refractivity contribution in [3.63, 3.8) is 0 Å². The number of nitrogens with zero attached hydrogens (tertiary/aromatic N) is 2. The molecule has 0 saturated carbocycles. The molecule has 0 aliphatic rings. The van der Waals surface area contributed by atoms with Gasteiger partial charge < -0.3 is 20.1 Å². The summed E-state index contributed by atoms with van der Waals surface area (Å²) in [4.78, 5) is 4.21. The fourth-order valence-corrected chi connectivity index (χ4v) is 1.96. The SMILES string of the molecule is NC/C(=C/F)COc1ccc(-c2nc(C(CO)CCl)no2)cc1. The zero-order chi connectivity index (χ0) is 16.7. The van der Waals surface area contributed by atoms with Crippen molar-refractivity contribution in [2.24, 2.45) is 5.73 Å². The van der Waals surface area contributed by atoms with E-state index in [1.54, 1.807) is 24.3 Å². The molecule has 0 spiro atoms. The smallest absolute Gasteiger partial charge is 0.257 e. The molecule has 6 nitrogen and oxygen atoms in total. The lowest BCUT2D eigenvalue weighted by Gasteiger charge is -2.07. The van der Waals surface area contributed by atoms with Gasteiger partial charge in [0.25, 0.3) is 5.89 Å². The van der Waals surface area contributed by atoms with Gasteiger partial charge >= 0.3 is 0 Å². The van der Waals surface area contributed by atoms with Crippen LogP contribution in [0.2, 0.25) is 0 Å². The first-order valence-corrected chi connectivity index (χ1v) is 7.47. The third-order valence-corrected chi connectivity index (χ3v) is 3.53. The summed E-state index contributed by atoms with van der Waals surface area (Å²) >= 11 is 5.72. The van der Waals surface area contributed by atoms with Crippen LogP contribution in [-0.4, -0.2) is 40.9 Å². The average molecular weight is 342 g/mol. The lowest BCUT2D eigenvalue weighted by molar-refractivity contribution is 0.266. The maximum absolute atomic E-state index is 12.4. The van der Waals surface area contributed by atoms with Crippen LogP contribution >= 0.6 is 11.6 Å². The van der Waals surface area contributed by atoms with Gasteiger partial charge in [0.15, 0.2) is 5.82 Å². The normalized spacial score (nSPS) is 13.1. The quantitative estimate of drug-likeness (QED) is 0.715. The fourth-order valence-electron chi connectivity index (χ4n) is 1.72. The molecule has 2 rings (SSSR count). The Kier molecular flexibility index (Phi) is 6.52. The molecule has 23 heavy (non-hydrogen) atoms. The Hall–Kier alpha value is -1.96. The zero-order valence-corrected chi connectivity index (χ0v) is 13.0. The number of hydrogen-bond donors (Lipinski definition) is 2. The van der Waals surface area contributed by atoms with Crippen LogP contribution in [-0.2, 0) is 0 Å². The Bertz CT molecular complexity index is 642. The van der Waals surface area contributed by atoms with Crippen molar-refractivity contribution in [2.45, 2.75) is 5.92 Å². The van der Waals surface area contributed by atoms with Gasteiger partial charge in [0.05, 0.1) is 18.9 Å². The van der Waals surface area contributed by atoms with Crippen LogP contribution in [0.1, 0.15) is 11.7 Å². The van der Waals surface area contributed by atoms with Crippen LogP contribution in [0.3, 0.4) is 0 Å². The molecule has 0 aliphatic heterocycles. The van der Waals surface area contributed by atoms with Crippen molar-refractivity contribution in [3.8, 4) is 17.2 Å². The molecule has 2 aromatic rings. The number of aliphatic hydroxyl groups is 1. The lowest BCUT2D eigenvalue weighted by Crippen LogP contribution is -2.10. The molecule has 0 aliphatic carbocycles. The van der Waals surface area contributed by atoms with Crippen molar-refractivity contribution in [3.05, 3.63) is 42.0 Å². The summed E-state index contributed by atoms with van der Waals surface area (Å²) in [6.45, 7) is 0.0394. The molecule has 124 valence electrons. The first kappa shape index (κ1) is 17.4. The standard InChI is InChI=1S/C15H17ClFN3O3/c16-5-12(8-21)14-19-15(23-20-14)11-1-3-13(4-2-11)22-9-10(6-17)7-18/h1-4,6,12,21H,5,7-9,18H2/b10-6-. The van der Waals surface area contributed by atoms with Crippen molar-refractivity contribution >= 4 is 11.6 Å². The minimum absolute atomic E-state index is 0.0882. The Labute approximate surface area is 137 Å². The van der Waals surface area contributed by atoms with Crippen LogP contribution in [0.5, 0.6) is 5.75 Å². The van der Waals surface area contributed by atoms with Gasteiger partial charge in [0.2, 0.25) is 0 Å². The zero-order valence-electron chi connectivity index (χ0n) is 12.3. The van der Waals surface area contributed by atoms with Crippen LogP contribution in [0.25, 0.3) is 11.5 Å². The molecule has 0 radical (unpaired) electrons. The minimum atomic E-state index is -0.362. The molecule has 3 N–H and O–H groups in total. The van der Waals surface area contributed by atoms with E-state index in [4.69, 9.17) is 26.6 Å². The molecule has 1 unspecified atom stereocenters. The third kappa shape index (κ3) is 4.51. The Morgan fingerprint density at radius 1 is 1.43 bits per heavy atom. The van der Waals surface area contributed by atoms with Gasteiger partial charge in [-0.25, -0.2) is 4.39 Å². The van der Waals surface area contributed by atoms with Crippen LogP contribution in [0.15, 0.2) is 40.7 Å². The van der Waals surface area contributed by atoms with Gasteiger partial charge in [-0.3, -0.25) is 0 Å². The van der Waals surface area contributed by atoms with Crippen molar-refractivity contribution < 1.29 is 18.8 Å². The second-order valence-electron chi connectivity index (χ2n) is 4.78. The largest absolute Gasteiger partial charge is 0.489 e. The van der Waals surface area contributed by atoms with Gasteiger partial charge in [0, 0.05) is 23.6 Å². The highest BCUT2D eigenvalue weighted by molar-refractivity contribution is 6.18. The molecular weight excluding hydrogens is 325 g/mol. The maximum atomic E-state index is 12.4. The molecule has 0 saturated heterocycles. The second kappa shape index (κ2) is 8.61. The first-order valence-electron chi connectivity index (χ1n) is 6.93. The number of benzene rings is 1. The van der Waals surface area contributed by atoms with E-state index in [9.17, 15) is 9.50 Å². The topological polar surface area (TPSA) is 94.4 Å². The van der Waals surface area contributed by atoms with Crippen molar-refractivity contribution in [1.82, 2.24) is 10.1 Å². The third-order valence-electron chi connectivity index (χ3n) is 3.16. The Morgan fingerprint density at radius 3 is 2.74 bits per heavy atom. The molecule has 1 heterocycles. The Morgan fingerprint density at radius 2 is 2.17 bits per heavy atom. The summed E-state index contributed by atoms with van der Waals surface area (Å²) in [5, 5.41) is 13.0. The summed E-state index contributed by atoms with van der Waals surface area (Å²) in [5.41, 5.74) is 6.42. The van der Waals surface area contributed by atoms with Crippen molar-refractivity contribution in [2.75, 3.05) is 25.6 Å². The molecule has 1 aromatic carbocycles. The number of aliphatic hydroxyl groups excluding tert-OH is 1. The molecule has 8 heteroatoms. The van der Waals surface area contributed by atoms with Gasteiger partial charge in [-0.15, -0.1) is 11.6 Å². The van der Waals surface area contributed by atoms with Crippen LogP contribution in [0, 0.1) is 0 Å². The van der Waals surface area contributed by atoms with Gasteiger partial charge in [-0.2, -0.15) is 4.98 Å². The van der Waals surface area contributed by atoms with E-state index in [1.807, 2.05) is 0 Å². The Balaban J connectivity index is 2.05. The van der Waals surface area contributed by atoms with E-state index in [2.05, 4.69) is 10.1 Å². The fraction of sp³-hybridized carbons (Fsp3) is 0.333. The average Bonchev–Trinajstić information content (AvgIpc) is 3.07. The van der Waals surface area contributed by atoms with Gasteiger partial charge in [-0.05, 0) is 24.3 Å². The number of halogens is 2. The maximum Gasteiger partial charge on any atom is 0.257 e. The van der Waals surface area contributed by atoms with E-state index in [0.29, 0.717) is 34.9 Å². The minimum Gasteiger partial charge on any atom is -0.489 e. The van der Waals surface area contributed by atoms with E-state index in [1.165, 1.54) is 0 Å². The molecular formula is C15H17ClFN3O3. The molecule has 0 amide bonds. The van der Waals surface area contributed by atoms with E-state index in [-0.39, 0.29) is 31.6 Å². The van der Waals surface area contributed by atoms with E-state index in [0.717, 1.165) is 0 Å². The number of aromatic nitrogens is 2. The summed E-state index contributed by atoms with van der Waals surface area (Å²) in [5.74, 6) is 1.09. The molecule has 0 bridgehead atoms. The highest BCUT2D eigenvalue weighted by Gasteiger charge is 2.17. The van der Waals surface area contributed by atoms with Gasteiger partial charge in [-0.1, -0.05) is 5.16 Å². The molecule has 1 aromatic heterocycles. The monoisotopic (exact) mass is 341 g/mol. The lowest BCUT2D eigenvalue weighted by atomic mass is 10.2. The predicted octanol–water partition coefficient (Wildman–Crippen LogP) is 2.24. The highest BCUT2D eigenvalue weighted by atomic mass is 35.5. The van der Waals surface area contributed by atoms with E-state index < -0.39 is 0 Å². The summed E-state index contributed by atoms with van der Waals surface area (Å²) in [6, 6.07) is 6.89. The summed E-state index contributed by atoms with van der Waals surface area (Å²) < 4.78 is 23.0. The number of hydrogen-bond acceptors (Lipinski definition) is 6. The number of rotatable bonds is 8. The molecule has 0 fully saturated rings. The van der Waals surface area contributed by atoms with E-state index >= 15 is 0 Å². The predicted molar refractivity (Wildman–Crippen MR) is 84.0 cm³/mol. The first-order chi connectivity index (χ1) is 11.2.